The predicted molar refractivity (Wildman–Crippen MR) is 218 cm³/mol. The van der Waals surface area contributed by atoms with E-state index in [1.54, 1.807) is 39.8 Å². The molecule has 0 atom stereocenters. The van der Waals surface area contributed by atoms with Gasteiger partial charge in [-0.3, -0.25) is 10.2 Å². The van der Waals surface area contributed by atoms with Crippen LogP contribution in [0, 0.1) is 19.3 Å². The first kappa shape index (κ1) is 46.6. The van der Waals surface area contributed by atoms with Crippen LogP contribution in [0.4, 0.5) is 0 Å². The molecular formula is C37H41Cl2N5O12S2. The number of nitrogens with zero attached hydrogens (tertiary/aromatic N) is 2. The van der Waals surface area contributed by atoms with Crippen molar-refractivity contribution in [3.8, 4) is 34.5 Å². The third kappa shape index (κ3) is 14.3. The van der Waals surface area contributed by atoms with E-state index in [0.717, 1.165) is 6.92 Å². The Hall–Kier alpha value is -5.76. The topological polar surface area (TPSA) is 234 Å². The van der Waals surface area contributed by atoms with Gasteiger partial charge in [-0.25, -0.2) is 10.9 Å². The van der Waals surface area contributed by atoms with E-state index in [4.69, 9.17) is 65.8 Å². The van der Waals surface area contributed by atoms with Crippen LogP contribution in [-0.2, 0) is 25.0 Å². The van der Waals surface area contributed by atoms with Crippen LogP contribution in [-0.4, -0.2) is 59.9 Å². The minimum absolute atomic E-state index is 0.0264. The van der Waals surface area contributed by atoms with Gasteiger partial charge in [-0.05, 0) is 85.6 Å². The maximum Gasteiger partial charge on any atom is 0.342 e. The molecule has 0 fully saturated rings. The van der Waals surface area contributed by atoms with Crippen LogP contribution < -0.4 is 38.2 Å². The highest BCUT2D eigenvalue weighted by atomic mass is 35.5. The Bertz CT molecular complexity index is 2250. The summed E-state index contributed by atoms with van der Waals surface area (Å²) in [6.45, 7) is 8.06. The molecule has 0 aliphatic carbocycles. The number of benzene rings is 4. The normalized spacial score (nSPS) is 11.7. The van der Waals surface area contributed by atoms with Gasteiger partial charge in [-0.1, -0.05) is 37.0 Å². The summed E-state index contributed by atoms with van der Waals surface area (Å²) in [6.07, 6.45) is 0.569. The van der Waals surface area contributed by atoms with Crippen LogP contribution in [0.25, 0.3) is 0 Å². The van der Waals surface area contributed by atoms with Crippen molar-refractivity contribution >= 4 is 67.2 Å². The Morgan fingerprint density at radius 2 is 1.02 bits per heavy atom. The number of carboxylic acid groups (broad SMARTS) is 1. The molecule has 21 heteroatoms. The minimum atomic E-state index is -4.33. The molecule has 0 spiro atoms. The van der Waals surface area contributed by atoms with Crippen molar-refractivity contribution in [2.24, 2.45) is 10.2 Å². The van der Waals surface area contributed by atoms with E-state index in [9.17, 15) is 16.8 Å². The highest BCUT2D eigenvalue weighted by Gasteiger charge is 2.24. The molecule has 0 aromatic heterocycles. The van der Waals surface area contributed by atoms with E-state index >= 15 is 0 Å². The zero-order chi connectivity index (χ0) is 43.2. The molecule has 4 aromatic carbocycles. The average Bonchev–Trinajstić information content (AvgIpc) is 3.13. The van der Waals surface area contributed by atoms with Crippen molar-refractivity contribution in [2.75, 3.05) is 14.2 Å². The number of aryl methyl sites for hydroxylation is 2. The lowest BCUT2D eigenvalue weighted by Crippen LogP contribution is -2.32. The van der Waals surface area contributed by atoms with Gasteiger partial charge in [0.05, 0.1) is 14.2 Å². The lowest BCUT2D eigenvalue weighted by molar-refractivity contribution is -0.134. The molecule has 0 radical (unpaired) electrons. The average molecular weight is 883 g/mol. The quantitative estimate of drug-likeness (QED) is 0.0422. The number of carbonyl (C=O) groups is 1. The van der Waals surface area contributed by atoms with Crippen LogP contribution in [0.15, 0.2) is 92.8 Å². The van der Waals surface area contributed by atoms with Gasteiger partial charge in [-0.2, -0.15) is 16.8 Å². The van der Waals surface area contributed by atoms with Crippen LogP contribution in [0.2, 0.25) is 10.0 Å². The summed E-state index contributed by atoms with van der Waals surface area (Å²) in [7, 11) is -6.01. The molecule has 0 unspecified atom stereocenters. The fourth-order valence-electron chi connectivity index (χ4n) is 4.56. The largest absolute Gasteiger partial charge is 0.495 e. The van der Waals surface area contributed by atoms with E-state index in [2.05, 4.69) is 21.1 Å². The van der Waals surface area contributed by atoms with Gasteiger partial charge in [0.15, 0.2) is 0 Å². The predicted octanol–water partition coefficient (Wildman–Crippen LogP) is 7.27. The Morgan fingerprint density at radius 3 is 1.34 bits per heavy atom. The highest BCUT2D eigenvalue weighted by Crippen LogP contribution is 2.33. The van der Waals surface area contributed by atoms with Crippen molar-refractivity contribution in [3.05, 3.63) is 94.0 Å². The summed E-state index contributed by atoms with van der Waals surface area (Å²) in [5.74, 6) is -0.370. The molecule has 0 heterocycles. The summed E-state index contributed by atoms with van der Waals surface area (Å²) in [5, 5.41) is 24.2. The second-order valence-electron chi connectivity index (χ2n) is 11.7. The summed E-state index contributed by atoms with van der Waals surface area (Å²) >= 11 is 12.0. The summed E-state index contributed by atoms with van der Waals surface area (Å²) in [4.78, 5) is 8.51. The Kier molecular flexibility index (Phi) is 17.0. The number of aliphatic carboxylic acids is 1. The molecular weight excluding hydrogens is 841 g/mol. The first-order chi connectivity index (χ1) is 27.3. The van der Waals surface area contributed by atoms with Gasteiger partial charge >= 0.3 is 20.2 Å². The molecule has 0 aliphatic rings. The third-order valence-corrected chi connectivity index (χ3v) is 9.92. The molecule has 0 aliphatic heterocycles. The number of hydrogen-bond acceptors (Lipinski definition) is 14. The second kappa shape index (κ2) is 21.1. The molecule has 4 aromatic rings. The minimum Gasteiger partial charge on any atom is -0.495 e. The number of halogens is 2. The lowest BCUT2D eigenvalue weighted by Gasteiger charge is -2.14. The number of carboxylic acids is 1. The number of methoxy groups -OCH3 is 2. The fourth-order valence-corrected chi connectivity index (χ4v) is 7.25. The first-order valence-corrected chi connectivity index (χ1v) is 20.4. The van der Waals surface area contributed by atoms with Crippen molar-refractivity contribution in [1.82, 2.24) is 10.9 Å². The van der Waals surface area contributed by atoms with Gasteiger partial charge in [0.1, 0.15) is 44.3 Å². The van der Waals surface area contributed by atoms with E-state index < -0.39 is 26.2 Å². The Labute approximate surface area is 346 Å². The van der Waals surface area contributed by atoms with E-state index in [-0.39, 0.29) is 84.9 Å². The zero-order valence-corrected chi connectivity index (χ0v) is 35.4. The molecule has 0 amide bonds. The smallest absolute Gasteiger partial charge is 0.342 e. The van der Waals surface area contributed by atoms with Gasteiger partial charge < -0.3 is 32.4 Å². The number of hydrogen-bond donors (Lipinski definition) is 4. The van der Waals surface area contributed by atoms with Gasteiger partial charge in [0.25, 0.3) is 5.97 Å². The number of nitrogens with one attached hydrogen (secondary N) is 3. The maximum atomic E-state index is 13.1. The molecule has 312 valence electrons. The maximum absolute atomic E-state index is 13.1. The Balaban J connectivity index is 0.00000215. The van der Waals surface area contributed by atoms with Crippen LogP contribution in [0.3, 0.4) is 0 Å². The molecule has 4 N–H and O–H groups in total. The molecule has 0 bridgehead atoms. The van der Waals surface area contributed by atoms with Crippen LogP contribution >= 0.6 is 23.2 Å². The van der Waals surface area contributed by atoms with E-state index in [0.29, 0.717) is 11.1 Å². The SMILES string of the molecule is CC(=O)O.CCC(=NNC(=N)NN=C(CC)Oc1cc(C)cc(OS(=O)(=O)c2cc(Cl)ccc2OC)c1)Oc1cc(C)cc(OS(=O)(=O)c2cc(Cl)ccc2OC)c1. The molecule has 58 heavy (non-hydrogen) atoms. The molecule has 0 saturated heterocycles. The summed E-state index contributed by atoms with van der Waals surface area (Å²) < 4.78 is 85.1. The lowest BCUT2D eigenvalue weighted by atomic mass is 10.2. The summed E-state index contributed by atoms with van der Waals surface area (Å²) in [5.41, 5.74) is 6.24. The van der Waals surface area contributed by atoms with Crippen molar-refractivity contribution in [1.29, 1.82) is 5.41 Å². The van der Waals surface area contributed by atoms with Crippen molar-refractivity contribution < 1.29 is 54.1 Å². The van der Waals surface area contributed by atoms with Crippen molar-refractivity contribution in [3.63, 3.8) is 0 Å². The second-order valence-corrected chi connectivity index (χ2v) is 15.6. The highest BCUT2D eigenvalue weighted by molar-refractivity contribution is 7.87. The van der Waals surface area contributed by atoms with E-state index in [1.165, 1.54) is 74.9 Å². The number of hydrazone groups is 2. The van der Waals surface area contributed by atoms with Crippen LogP contribution in [0.5, 0.6) is 34.5 Å². The first-order valence-electron chi connectivity index (χ1n) is 16.9. The summed E-state index contributed by atoms with van der Waals surface area (Å²) in [6, 6.07) is 17.3. The van der Waals surface area contributed by atoms with Gasteiger partial charge in [-0.15, -0.1) is 10.2 Å². The molecule has 0 saturated carbocycles. The van der Waals surface area contributed by atoms with Crippen LogP contribution in [0.1, 0.15) is 44.7 Å². The number of guanidine groups is 1. The van der Waals surface area contributed by atoms with Gasteiger partial charge in [0, 0.05) is 41.9 Å². The number of rotatable bonds is 14. The van der Waals surface area contributed by atoms with E-state index in [1.807, 2.05) is 0 Å². The monoisotopic (exact) mass is 881 g/mol. The third-order valence-electron chi connectivity index (χ3n) is 6.91. The number of ether oxygens (including phenoxy) is 4. The van der Waals surface area contributed by atoms with Gasteiger partial charge in [0.2, 0.25) is 17.8 Å². The molecule has 4 rings (SSSR count). The molecule has 17 nitrogen and oxygen atoms in total. The zero-order valence-electron chi connectivity index (χ0n) is 32.2. The fraction of sp³-hybridized carbons (Fsp3) is 0.243. The van der Waals surface area contributed by atoms with Crippen molar-refractivity contribution in [2.45, 2.75) is 57.3 Å². The Morgan fingerprint density at radius 1 is 0.672 bits per heavy atom. The standard InChI is InChI=1S/C35H37Cl2N5O10S2.C2H4O2/c1-7-33(49-25-13-21(3)15-27(19-25)51-53(43,44)31-17-23(36)9-11-29(31)47-5)39-41-35(38)42-40-34(8-2)50-26-14-22(4)16-28(20-26)52-54(45,46)32-18-24(37)10-12-30(32)48-6;1-2(3)4/h9-20H,7-8H2,1-6H3,(H3,38,41,42);1H3,(H,3,4).